The number of nitrogen functional groups attached to an aromatic ring is 1. The molecule has 4 heteroatoms. The highest BCUT2D eigenvalue weighted by molar-refractivity contribution is 7.18. The first-order valence-electron chi connectivity index (χ1n) is 6.14. The van der Waals surface area contributed by atoms with E-state index >= 15 is 0 Å². The standard InChI is InChI=1S/C15H15N3S/c1-15(2,10-3-5-11(16)6-4-10)14-18-12-9-17-8-7-13(12)19-14/h3-9H,16H2,1-2H3. The normalized spacial score (nSPS) is 11.9. The van der Waals surface area contributed by atoms with Crippen molar-refractivity contribution in [1.29, 1.82) is 0 Å². The number of aromatic nitrogens is 2. The maximum absolute atomic E-state index is 5.75. The van der Waals surface area contributed by atoms with Crippen molar-refractivity contribution in [2.24, 2.45) is 0 Å². The maximum atomic E-state index is 5.75. The van der Waals surface area contributed by atoms with Crippen LogP contribution in [0.2, 0.25) is 0 Å². The van der Waals surface area contributed by atoms with Crippen LogP contribution in [0, 0.1) is 0 Å². The highest BCUT2D eigenvalue weighted by Crippen LogP contribution is 2.36. The first-order valence-corrected chi connectivity index (χ1v) is 6.96. The maximum Gasteiger partial charge on any atom is 0.104 e. The Morgan fingerprint density at radius 2 is 1.84 bits per heavy atom. The zero-order chi connectivity index (χ0) is 13.5. The lowest BCUT2D eigenvalue weighted by molar-refractivity contribution is 0.637. The van der Waals surface area contributed by atoms with Gasteiger partial charge in [-0.1, -0.05) is 12.1 Å². The Bertz CT molecular complexity index is 681. The molecule has 0 radical (unpaired) electrons. The van der Waals surface area contributed by atoms with E-state index in [1.54, 1.807) is 17.5 Å². The number of thiazole rings is 1. The van der Waals surface area contributed by atoms with Crippen molar-refractivity contribution < 1.29 is 0 Å². The molecule has 0 bridgehead atoms. The summed E-state index contributed by atoms with van der Waals surface area (Å²) in [6, 6.07) is 10.0. The molecule has 0 aliphatic carbocycles. The summed E-state index contributed by atoms with van der Waals surface area (Å²) in [7, 11) is 0. The molecule has 96 valence electrons. The third-order valence-corrected chi connectivity index (χ3v) is 4.72. The SMILES string of the molecule is CC(C)(c1ccc(N)cc1)c1nc2cnccc2s1. The van der Waals surface area contributed by atoms with Crippen LogP contribution in [0.15, 0.2) is 42.7 Å². The Morgan fingerprint density at radius 1 is 1.11 bits per heavy atom. The Kier molecular flexibility index (Phi) is 2.75. The quantitative estimate of drug-likeness (QED) is 0.723. The molecule has 0 saturated carbocycles. The van der Waals surface area contributed by atoms with Crippen LogP contribution in [0.1, 0.15) is 24.4 Å². The summed E-state index contributed by atoms with van der Waals surface area (Å²) in [5, 5.41) is 1.10. The largest absolute Gasteiger partial charge is 0.399 e. The molecule has 0 fully saturated rings. The summed E-state index contributed by atoms with van der Waals surface area (Å²) in [5.74, 6) is 0. The molecule has 0 spiro atoms. The molecule has 0 saturated heterocycles. The molecule has 1 aromatic carbocycles. The molecular formula is C15H15N3S. The van der Waals surface area contributed by atoms with Crippen molar-refractivity contribution in [2.75, 3.05) is 5.73 Å². The lowest BCUT2D eigenvalue weighted by Gasteiger charge is -2.22. The lowest BCUT2D eigenvalue weighted by atomic mass is 9.85. The number of nitrogens with zero attached hydrogens (tertiary/aromatic N) is 2. The van der Waals surface area contributed by atoms with Crippen molar-refractivity contribution in [3.63, 3.8) is 0 Å². The summed E-state index contributed by atoms with van der Waals surface area (Å²) in [5.41, 5.74) is 8.59. The lowest BCUT2D eigenvalue weighted by Crippen LogP contribution is -2.18. The summed E-state index contributed by atoms with van der Waals surface area (Å²) >= 11 is 1.72. The van der Waals surface area contributed by atoms with Crippen molar-refractivity contribution in [3.05, 3.63) is 53.3 Å². The van der Waals surface area contributed by atoms with E-state index < -0.39 is 0 Å². The van der Waals surface area contributed by atoms with E-state index in [1.165, 1.54) is 10.3 Å². The van der Waals surface area contributed by atoms with Crippen molar-refractivity contribution >= 4 is 27.2 Å². The molecule has 0 aliphatic heterocycles. The van der Waals surface area contributed by atoms with Gasteiger partial charge in [-0.25, -0.2) is 4.98 Å². The third kappa shape index (κ3) is 2.08. The Labute approximate surface area is 116 Å². The van der Waals surface area contributed by atoms with Crippen LogP contribution in [0.3, 0.4) is 0 Å². The van der Waals surface area contributed by atoms with Crippen molar-refractivity contribution in [1.82, 2.24) is 9.97 Å². The second kappa shape index (κ2) is 4.31. The Balaban J connectivity index is 2.10. The minimum absolute atomic E-state index is 0.128. The fourth-order valence-corrected chi connectivity index (χ4v) is 3.13. The Morgan fingerprint density at radius 3 is 2.53 bits per heavy atom. The van der Waals surface area contributed by atoms with E-state index in [0.717, 1.165) is 16.2 Å². The molecule has 2 aromatic heterocycles. The van der Waals surface area contributed by atoms with Gasteiger partial charge < -0.3 is 5.73 Å². The fraction of sp³-hybridized carbons (Fsp3) is 0.200. The van der Waals surface area contributed by atoms with Crippen LogP contribution in [-0.4, -0.2) is 9.97 Å². The van der Waals surface area contributed by atoms with E-state index in [0.29, 0.717) is 0 Å². The van der Waals surface area contributed by atoms with Crippen molar-refractivity contribution in [2.45, 2.75) is 19.3 Å². The average Bonchev–Trinajstić information content (AvgIpc) is 2.83. The first-order chi connectivity index (χ1) is 9.07. The van der Waals surface area contributed by atoms with Crippen LogP contribution in [0.4, 0.5) is 5.69 Å². The van der Waals surface area contributed by atoms with Gasteiger partial charge in [-0.15, -0.1) is 11.3 Å². The van der Waals surface area contributed by atoms with E-state index in [1.807, 2.05) is 24.4 Å². The Hall–Kier alpha value is -1.94. The van der Waals surface area contributed by atoms with Crippen LogP contribution < -0.4 is 5.73 Å². The topological polar surface area (TPSA) is 51.8 Å². The number of hydrogen-bond acceptors (Lipinski definition) is 4. The van der Waals surface area contributed by atoms with Gasteiger partial charge in [0.25, 0.3) is 0 Å². The number of rotatable bonds is 2. The monoisotopic (exact) mass is 269 g/mol. The summed E-state index contributed by atoms with van der Waals surface area (Å²) in [4.78, 5) is 8.83. The number of benzene rings is 1. The predicted octanol–water partition coefficient (Wildman–Crippen LogP) is 3.60. The summed E-state index contributed by atoms with van der Waals surface area (Å²) < 4.78 is 1.17. The number of anilines is 1. The van der Waals surface area contributed by atoms with Gasteiger partial charge >= 0.3 is 0 Å². The van der Waals surface area contributed by atoms with Gasteiger partial charge in [0, 0.05) is 17.3 Å². The molecule has 0 amide bonds. The molecule has 0 unspecified atom stereocenters. The van der Waals surface area contributed by atoms with E-state index in [9.17, 15) is 0 Å². The zero-order valence-electron chi connectivity index (χ0n) is 10.9. The molecule has 2 N–H and O–H groups in total. The van der Waals surface area contributed by atoms with E-state index in [-0.39, 0.29) is 5.41 Å². The highest BCUT2D eigenvalue weighted by Gasteiger charge is 2.26. The molecule has 3 rings (SSSR count). The van der Waals surface area contributed by atoms with Gasteiger partial charge in [0.2, 0.25) is 0 Å². The smallest absolute Gasteiger partial charge is 0.104 e. The molecular weight excluding hydrogens is 254 g/mol. The molecule has 3 nitrogen and oxygen atoms in total. The molecule has 2 heterocycles. The number of nitrogens with two attached hydrogens (primary N) is 1. The number of fused-ring (bicyclic) bond motifs is 1. The first kappa shape index (κ1) is 12.1. The minimum Gasteiger partial charge on any atom is -0.399 e. The molecule has 0 atom stereocenters. The van der Waals surface area contributed by atoms with Gasteiger partial charge in [0.15, 0.2) is 0 Å². The van der Waals surface area contributed by atoms with Crippen LogP contribution in [0.25, 0.3) is 10.2 Å². The van der Waals surface area contributed by atoms with Crippen molar-refractivity contribution in [3.8, 4) is 0 Å². The van der Waals surface area contributed by atoms with Crippen LogP contribution in [-0.2, 0) is 5.41 Å². The number of hydrogen-bond donors (Lipinski definition) is 1. The van der Waals surface area contributed by atoms with Crippen LogP contribution in [0.5, 0.6) is 0 Å². The number of pyridine rings is 1. The summed E-state index contributed by atoms with van der Waals surface area (Å²) in [6.07, 6.45) is 3.62. The van der Waals surface area contributed by atoms with Gasteiger partial charge in [0.05, 0.1) is 16.4 Å². The average molecular weight is 269 g/mol. The van der Waals surface area contributed by atoms with Gasteiger partial charge in [-0.3, -0.25) is 4.98 Å². The highest BCUT2D eigenvalue weighted by atomic mass is 32.1. The zero-order valence-corrected chi connectivity index (χ0v) is 11.7. The van der Waals surface area contributed by atoms with Gasteiger partial charge in [-0.05, 0) is 37.6 Å². The third-order valence-electron chi connectivity index (χ3n) is 3.36. The minimum atomic E-state index is -0.128. The van der Waals surface area contributed by atoms with E-state index in [4.69, 9.17) is 10.7 Å². The second-order valence-corrected chi connectivity index (χ2v) is 6.14. The molecule has 0 aliphatic rings. The summed E-state index contributed by atoms with van der Waals surface area (Å²) in [6.45, 7) is 4.37. The predicted molar refractivity (Wildman–Crippen MR) is 80.4 cm³/mol. The molecule has 3 aromatic rings. The van der Waals surface area contributed by atoms with Gasteiger partial charge in [0.1, 0.15) is 5.01 Å². The van der Waals surface area contributed by atoms with E-state index in [2.05, 4.69) is 31.0 Å². The van der Waals surface area contributed by atoms with Crippen LogP contribution >= 0.6 is 11.3 Å². The second-order valence-electron chi connectivity index (χ2n) is 5.11. The molecule has 19 heavy (non-hydrogen) atoms. The fourth-order valence-electron chi connectivity index (χ4n) is 2.07. The van der Waals surface area contributed by atoms with Gasteiger partial charge in [-0.2, -0.15) is 0 Å².